The number of piperidine rings is 10. The molecule has 0 amide bonds. The number of hydrogen-bond acceptors (Lipinski definition) is 29. The third kappa shape index (κ3) is 17.9. The van der Waals surface area contributed by atoms with Crippen LogP contribution in [-0.2, 0) is 75.7 Å². The molecular weight excluding hydrogens is 1730 g/mol. The van der Waals surface area contributed by atoms with E-state index in [1.165, 1.54) is 48.7 Å². The van der Waals surface area contributed by atoms with E-state index in [0.717, 1.165) is 150 Å². The number of aliphatic imine (C=N–C) groups is 5. The highest BCUT2D eigenvalue weighted by Gasteiger charge is 2.61. The standard InChI is InChI=1S/C21H27FN2O4.C21H27FN2O3.C21H28N2O4.C21H26N2O4.C20H26N2O4/c1-4-12-11-24-8-7-21(26)18-15(6-5-14(22)19(18)28-3)23-20(21)16(24)9-13(12)10-17(25)27-2;1-4-13-12-24-9-8-21(22)19-15(6-5-7-17(19)26-2)23-20(21)16(24)10-14(13)11-18(25)27-3;2*1-4-13-12-23-9-8-21(25)19-15(6-5-7-17(19)26-2)22-20(21)16(23)10-14(13)11-18(24)27-3;1-3-12-11-22-8-7-20(25)18-14(5-4-6-16(18)23)21-19(20)15(22)9-13(12)10-17(24)26-2/h5-6,12-13,16,26H,4,7-11H2,1-3H3;5-7,13-14,16H,4,8-12H2,1-3H3;5-7,13-14,16,25H,4,8-12H2,1-3H3;4-7,13-14,16,25H,1,8-12H2,2-3H3;4-6,12-13,15,23,25H,3,7-11H2,1-2H3/t12-,13-,16-,21+;13-,14-,16-,21+;13-,14-,16+,21+;13-,14-,16-,21+;12-,13-,15-,20+/m11111/s1. The van der Waals surface area contributed by atoms with Gasteiger partial charge < -0.3 is 68.2 Å². The Kier molecular flexibility index (Phi) is 29.2. The van der Waals surface area contributed by atoms with Crippen molar-refractivity contribution in [2.24, 2.45) is 84.1 Å². The van der Waals surface area contributed by atoms with Gasteiger partial charge in [0.25, 0.3) is 0 Å². The van der Waals surface area contributed by atoms with Crippen LogP contribution in [0.1, 0.15) is 178 Å². The third-order valence-corrected chi connectivity index (χ3v) is 32.8. The summed E-state index contributed by atoms with van der Waals surface area (Å²) in [4.78, 5) is 95.2. The highest BCUT2D eigenvalue weighted by atomic mass is 19.1. The molecule has 31 heteroatoms. The number of aromatic hydroxyl groups is 1. The predicted molar refractivity (Wildman–Crippen MR) is 506 cm³/mol. The van der Waals surface area contributed by atoms with Crippen molar-refractivity contribution in [3.63, 3.8) is 0 Å². The van der Waals surface area contributed by atoms with Crippen LogP contribution in [0.5, 0.6) is 28.7 Å². The molecule has 5 aromatic carbocycles. The molecule has 0 spiro atoms. The number of fused-ring (bicyclic) bond motifs is 25. The summed E-state index contributed by atoms with van der Waals surface area (Å²) in [5, 5.41) is 56.5. The Morgan fingerprint density at radius 1 is 0.370 bits per heavy atom. The fourth-order valence-electron chi connectivity index (χ4n) is 25.6. The smallest absolute Gasteiger partial charge is 0.305 e. The van der Waals surface area contributed by atoms with E-state index < -0.39 is 33.9 Å². The molecule has 135 heavy (non-hydrogen) atoms. The monoisotopic (exact) mass is 1860 g/mol. The lowest BCUT2D eigenvalue weighted by Crippen LogP contribution is -2.60. The van der Waals surface area contributed by atoms with Crippen molar-refractivity contribution in [3.05, 3.63) is 131 Å². The summed E-state index contributed by atoms with van der Waals surface area (Å²) in [6, 6.07) is 25.0. The van der Waals surface area contributed by atoms with Gasteiger partial charge in [0.15, 0.2) is 17.2 Å². The molecule has 0 unspecified atom stereocenters. The van der Waals surface area contributed by atoms with Crippen LogP contribution < -0.4 is 18.9 Å². The fourth-order valence-corrected chi connectivity index (χ4v) is 25.6. The fraction of sp³-hybridized carbons (Fsp3) is 0.596. The zero-order valence-corrected chi connectivity index (χ0v) is 80.2. The van der Waals surface area contributed by atoms with Crippen LogP contribution in [0, 0.1) is 65.0 Å². The number of phenols is 1. The van der Waals surface area contributed by atoms with Crippen LogP contribution >= 0.6 is 0 Å². The molecule has 10 fully saturated rings. The maximum Gasteiger partial charge on any atom is 0.305 e. The summed E-state index contributed by atoms with van der Waals surface area (Å²) < 4.78 is 76.8. The first-order valence-electron chi connectivity index (χ1n) is 48.4. The van der Waals surface area contributed by atoms with Crippen LogP contribution in [0.25, 0.3) is 0 Å². The lowest BCUT2D eigenvalue weighted by atomic mass is 9.71. The van der Waals surface area contributed by atoms with Crippen LogP contribution in [0.15, 0.2) is 123 Å². The molecule has 0 saturated carbocycles. The SMILES string of the molecule is C=C[C@@H]1CN2CC[C@@]3(O)C(=Nc4cccc(OC)c43)[C@H]2C[C@@H]1CC(=O)OC.CC[C@@H]1CN2CC[C@@]3(F)C(=Nc4cccc(OC)c43)[C@H]2C[C@@H]1CC(=O)OC.CC[C@@H]1CN2CC[C@@]3(O)C(=Nc4ccc(F)c(OC)c43)[C@H]2C[C@@H]1CC(=O)OC.CC[C@@H]1CN2CC[C@@]3(O)C(=Nc4cccc(O)c43)[C@H]2C[C@@H]1CC(=O)OC.CC[C@@H]1CN2CC[C@@]3(O)C(=Nc4cccc(OC)c43)[C@@H]2C[C@@H]1CC(=O)OC. The number of carbonyl (C=O) groups is 5. The van der Waals surface area contributed by atoms with Crippen molar-refractivity contribution in [1.29, 1.82) is 0 Å². The minimum atomic E-state index is -1.57. The molecule has 728 valence electrons. The van der Waals surface area contributed by atoms with Crippen LogP contribution in [0.2, 0.25) is 0 Å². The molecule has 15 heterocycles. The van der Waals surface area contributed by atoms with E-state index in [0.29, 0.717) is 163 Å². The average Bonchev–Trinajstić information content (AvgIpc) is 1.55. The number of halogens is 2. The number of nitrogens with zero attached hydrogens (tertiary/aromatic N) is 10. The number of hydrogen-bond donors (Lipinski definition) is 5. The molecule has 0 aromatic heterocycles. The molecule has 15 aliphatic rings. The number of benzene rings is 5. The van der Waals surface area contributed by atoms with Crippen molar-refractivity contribution >= 4 is 86.8 Å². The molecule has 0 radical (unpaired) electrons. The maximum atomic E-state index is 16.3. The highest BCUT2D eigenvalue weighted by molar-refractivity contribution is 6.09. The van der Waals surface area contributed by atoms with E-state index in [1.54, 1.807) is 45.6 Å². The van der Waals surface area contributed by atoms with Crippen molar-refractivity contribution in [2.45, 2.75) is 208 Å². The first-order chi connectivity index (χ1) is 64.9. The molecule has 15 aliphatic heterocycles. The summed E-state index contributed by atoms with van der Waals surface area (Å²) in [6.45, 7) is 20.8. The summed E-state index contributed by atoms with van der Waals surface area (Å²) in [5.74, 6) is 3.60. The summed E-state index contributed by atoms with van der Waals surface area (Å²) in [6.07, 6.45) is 14.4. The van der Waals surface area contributed by atoms with E-state index in [9.17, 15) is 53.9 Å². The summed E-state index contributed by atoms with van der Waals surface area (Å²) >= 11 is 0. The van der Waals surface area contributed by atoms with Gasteiger partial charge in [-0.15, -0.1) is 6.58 Å². The van der Waals surface area contributed by atoms with Crippen molar-refractivity contribution in [3.8, 4) is 28.7 Å². The number of rotatable bonds is 19. The van der Waals surface area contributed by atoms with Gasteiger partial charge in [-0.25, -0.2) is 8.78 Å². The molecule has 10 saturated heterocycles. The van der Waals surface area contributed by atoms with E-state index >= 15 is 4.39 Å². The van der Waals surface area contributed by atoms with Crippen molar-refractivity contribution in [2.75, 3.05) is 129 Å². The zero-order chi connectivity index (χ0) is 96.1. The molecule has 5 N–H and O–H groups in total. The number of methoxy groups -OCH3 is 9. The Hall–Kier alpha value is -9.96. The summed E-state index contributed by atoms with van der Waals surface area (Å²) in [5.41, 5.74) is 3.93. The van der Waals surface area contributed by atoms with Crippen molar-refractivity contribution in [1.82, 2.24) is 24.5 Å². The largest absolute Gasteiger partial charge is 0.507 e. The second kappa shape index (κ2) is 40.2. The van der Waals surface area contributed by atoms with Gasteiger partial charge in [0.2, 0.25) is 0 Å². The Balaban J connectivity index is 0.000000123. The lowest BCUT2D eigenvalue weighted by molar-refractivity contribution is -0.143. The molecule has 0 aliphatic carbocycles. The Labute approximate surface area is 789 Å². The van der Waals surface area contributed by atoms with Crippen LogP contribution in [0.3, 0.4) is 0 Å². The quantitative estimate of drug-likeness (QED) is 0.0291. The number of alkyl halides is 1. The number of phenolic OH excluding ortho intramolecular Hbond substituents is 1. The molecular formula is C104H134F2N10O19. The normalized spacial score (nSPS) is 32.1. The first-order valence-corrected chi connectivity index (χ1v) is 48.4. The van der Waals surface area contributed by atoms with E-state index in [-0.39, 0.29) is 107 Å². The molecule has 5 aromatic rings. The highest BCUT2D eigenvalue weighted by Crippen LogP contribution is 2.59. The van der Waals surface area contributed by atoms with Gasteiger partial charge in [-0.3, -0.25) is 73.4 Å². The molecule has 0 bridgehead atoms. The van der Waals surface area contributed by atoms with Gasteiger partial charge >= 0.3 is 29.8 Å². The zero-order valence-electron chi connectivity index (χ0n) is 80.2. The number of esters is 5. The van der Waals surface area contributed by atoms with Crippen molar-refractivity contribution < 1.29 is 101 Å². The molecule has 20 atom stereocenters. The van der Waals surface area contributed by atoms with Gasteiger partial charge in [0.1, 0.15) is 45.4 Å². The van der Waals surface area contributed by atoms with Gasteiger partial charge in [-0.2, -0.15) is 0 Å². The van der Waals surface area contributed by atoms with Crippen LogP contribution in [-0.4, -0.2) is 268 Å². The average molecular weight is 1870 g/mol. The van der Waals surface area contributed by atoms with Gasteiger partial charge in [0.05, 0.1) is 179 Å². The second-order valence-electron chi connectivity index (χ2n) is 39.2. The van der Waals surface area contributed by atoms with Crippen LogP contribution in [0.4, 0.5) is 37.2 Å². The maximum absolute atomic E-state index is 16.3. The molecule has 29 nitrogen and oxygen atoms in total. The van der Waals surface area contributed by atoms with Gasteiger partial charge in [-0.1, -0.05) is 83.7 Å². The van der Waals surface area contributed by atoms with E-state index in [4.69, 9.17) is 67.6 Å². The minimum absolute atomic E-state index is 0.00185. The number of aliphatic hydroxyl groups is 4. The Morgan fingerprint density at radius 3 is 1.01 bits per heavy atom. The molecule has 20 rings (SSSR count). The second-order valence-corrected chi connectivity index (χ2v) is 39.2. The van der Waals surface area contributed by atoms with Gasteiger partial charge in [-0.05, 0) is 178 Å². The lowest BCUT2D eigenvalue weighted by Gasteiger charge is -2.50. The number of ether oxygens (including phenoxy) is 9. The third-order valence-electron chi connectivity index (χ3n) is 32.8. The Morgan fingerprint density at radius 2 is 0.659 bits per heavy atom. The van der Waals surface area contributed by atoms with E-state index in [1.807, 2.05) is 60.7 Å². The first kappa shape index (κ1) is 98.1. The van der Waals surface area contributed by atoms with Gasteiger partial charge in [0, 0.05) is 104 Å². The Bertz CT molecular complexity index is 5350. The minimum Gasteiger partial charge on any atom is -0.507 e. The summed E-state index contributed by atoms with van der Waals surface area (Å²) in [7, 11) is 13.4. The number of carbonyl (C=O) groups excluding carboxylic acids is 5. The van der Waals surface area contributed by atoms with E-state index in [2.05, 4.69) is 58.8 Å². The topological polar surface area (TPSA) is 348 Å². The predicted octanol–water partition coefficient (Wildman–Crippen LogP) is 13.9.